The van der Waals surface area contributed by atoms with Gasteiger partial charge in [-0.25, -0.2) is 4.98 Å². The van der Waals surface area contributed by atoms with Crippen molar-refractivity contribution in [2.45, 2.75) is 13.5 Å². The molecule has 1 aliphatic rings. The summed E-state index contributed by atoms with van der Waals surface area (Å²) in [7, 11) is 0. The van der Waals surface area contributed by atoms with Crippen molar-refractivity contribution in [2.75, 3.05) is 12.1 Å². The van der Waals surface area contributed by atoms with Crippen molar-refractivity contribution in [2.24, 2.45) is 0 Å². The first-order valence-corrected chi connectivity index (χ1v) is 8.54. The lowest BCUT2D eigenvalue weighted by Crippen LogP contribution is -2.14. The average molecular weight is 362 g/mol. The molecular weight excluding hydrogens is 344 g/mol. The molecule has 0 saturated carbocycles. The summed E-state index contributed by atoms with van der Waals surface area (Å²) in [4.78, 5) is 16.6. The van der Waals surface area contributed by atoms with Gasteiger partial charge in [0.2, 0.25) is 6.79 Å². The molecular formula is C21H18N2O4. The van der Waals surface area contributed by atoms with Crippen LogP contribution in [0.25, 0.3) is 0 Å². The van der Waals surface area contributed by atoms with Gasteiger partial charge in [0.05, 0.1) is 0 Å². The fourth-order valence-electron chi connectivity index (χ4n) is 2.74. The number of aromatic nitrogens is 1. The quantitative estimate of drug-likeness (QED) is 0.744. The number of anilines is 1. The first kappa shape index (κ1) is 16.9. The SMILES string of the molecule is Cc1cccc(C(=O)Nc2cccc(COc3ccc4c(c3)OCO4)c2)n1. The first-order chi connectivity index (χ1) is 13.2. The minimum atomic E-state index is -0.243. The summed E-state index contributed by atoms with van der Waals surface area (Å²) >= 11 is 0. The number of carbonyl (C=O) groups is 1. The van der Waals surface area contributed by atoms with E-state index in [4.69, 9.17) is 14.2 Å². The van der Waals surface area contributed by atoms with Crippen molar-refractivity contribution >= 4 is 11.6 Å². The van der Waals surface area contributed by atoms with Crippen molar-refractivity contribution in [1.29, 1.82) is 0 Å². The molecule has 0 aliphatic carbocycles. The van der Waals surface area contributed by atoms with Gasteiger partial charge in [-0.05, 0) is 48.9 Å². The van der Waals surface area contributed by atoms with Crippen molar-refractivity contribution in [3.05, 3.63) is 77.6 Å². The second-order valence-corrected chi connectivity index (χ2v) is 6.12. The predicted molar refractivity (Wildman–Crippen MR) is 100 cm³/mol. The van der Waals surface area contributed by atoms with Crippen molar-refractivity contribution in [1.82, 2.24) is 4.98 Å². The van der Waals surface area contributed by atoms with Gasteiger partial charge in [-0.1, -0.05) is 18.2 Å². The Morgan fingerprint density at radius 1 is 1.07 bits per heavy atom. The molecule has 27 heavy (non-hydrogen) atoms. The number of ether oxygens (including phenoxy) is 3. The standard InChI is InChI=1S/C21H18N2O4/c1-14-4-2-7-18(22-14)21(24)23-16-6-3-5-15(10-16)12-25-17-8-9-19-20(11-17)27-13-26-19/h2-11H,12-13H2,1H3,(H,23,24). The predicted octanol–water partition coefficient (Wildman–Crippen LogP) is 3.95. The molecule has 6 nitrogen and oxygen atoms in total. The van der Waals surface area contributed by atoms with Gasteiger partial charge in [0.15, 0.2) is 11.5 Å². The molecule has 0 fully saturated rings. The number of aryl methyl sites for hydroxylation is 1. The molecule has 1 aliphatic heterocycles. The van der Waals surface area contributed by atoms with Crippen LogP contribution in [0.4, 0.5) is 5.69 Å². The number of hydrogen-bond donors (Lipinski definition) is 1. The van der Waals surface area contributed by atoms with Gasteiger partial charge < -0.3 is 19.5 Å². The van der Waals surface area contributed by atoms with Gasteiger partial charge >= 0.3 is 0 Å². The summed E-state index contributed by atoms with van der Waals surface area (Å²) in [5.41, 5.74) is 2.81. The first-order valence-electron chi connectivity index (χ1n) is 8.54. The third-order valence-electron chi connectivity index (χ3n) is 4.06. The number of fused-ring (bicyclic) bond motifs is 1. The van der Waals surface area contributed by atoms with Gasteiger partial charge in [0.25, 0.3) is 5.91 Å². The van der Waals surface area contributed by atoms with Crippen LogP contribution in [0.2, 0.25) is 0 Å². The Morgan fingerprint density at radius 3 is 2.81 bits per heavy atom. The zero-order valence-corrected chi connectivity index (χ0v) is 14.8. The van der Waals surface area contributed by atoms with E-state index >= 15 is 0 Å². The van der Waals surface area contributed by atoms with Crippen molar-refractivity contribution < 1.29 is 19.0 Å². The number of nitrogens with one attached hydrogen (secondary N) is 1. The summed E-state index contributed by atoms with van der Waals surface area (Å²) in [6.07, 6.45) is 0. The highest BCUT2D eigenvalue weighted by Crippen LogP contribution is 2.35. The average Bonchev–Trinajstić information content (AvgIpc) is 3.14. The Kier molecular flexibility index (Phi) is 4.61. The highest BCUT2D eigenvalue weighted by Gasteiger charge is 2.14. The second-order valence-electron chi connectivity index (χ2n) is 6.12. The normalized spacial score (nSPS) is 11.9. The molecule has 3 aromatic rings. The molecule has 0 spiro atoms. The Hall–Kier alpha value is -3.54. The Morgan fingerprint density at radius 2 is 1.93 bits per heavy atom. The van der Waals surface area contributed by atoms with Crippen LogP contribution >= 0.6 is 0 Å². The number of hydrogen-bond acceptors (Lipinski definition) is 5. The maximum atomic E-state index is 12.3. The van der Waals surface area contributed by atoms with E-state index in [0.29, 0.717) is 29.5 Å². The molecule has 2 aromatic carbocycles. The van der Waals surface area contributed by atoms with E-state index in [9.17, 15) is 4.79 Å². The molecule has 4 rings (SSSR count). The Labute approximate surface area is 156 Å². The van der Waals surface area contributed by atoms with Crippen LogP contribution in [0, 0.1) is 6.92 Å². The van der Waals surface area contributed by atoms with Crippen LogP contribution in [0.3, 0.4) is 0 Å². The minimum Gasteiger partial charge on any atom is -0.489 e. The molecule has 1 amide bonds. The molecule has 0 saturated heterocycles. The molecule has 0 radical (unpaired) electrons. The lowest BCUT2D eigenvalue weighted by molar-refractivity contribution is 0.102. The fourth-order valence-corrected chi connectivity index (χ4v) is 2.74. The Balaban J connectivity index is 1.41. The number of pyridine rings is 1. The van der Waals surface area contributed by atoms with Gasteiger partial charge in [-0.2, -0.15) is 0 Å². The number of rotatable bonds is 5. The van der Waals surface area contributed by atoms with Crippen LogP contribution < -0.4 is 19.5 Å². The third kappa shape index (κ3) is 4.00. The highest BCUT2D eigenvalue weighted by atomic mass is 16.7. The zero-order valence-electron chi connectivity index (χ0n) is 14.8. The van der Waals surface area contributed by atoms with Gasteiger partial charge in [0.1, 0.15) is 18.1 Å². The molecule has 0 bridgehead atoms. The molecule has 1 N–H and O–H groups in total. The summed E-state index contributed by atoms with van der Waals surface area (Å²) in [5, 5.41) is 2.86. The van der Waals surface area contributed by atoms with E-state index in [1.165, 1.54) is 0 Å². The van der Waals surface area contributed by atoms with Gasteiger partial charge in [0, 0.05) is 17.4 Å². The number of benzene rings is 2. The molecule has 1 aromatic heterocycles. The lowest BCUT2D eigenvalue weighted by atomic mass is 10.2. The molecule has 136 valence electrons. The molecule has 0 atom stereocenters. The summed E-state index contributed by atoms with van der Waals surface area (Å²) in [6, 6.07) is 18.3. The third-order valence-corrected chi connectivity index (χ3v) is 4.06. The van der Waals surface area contributed by atoms with Crippen LogP contribution in [-0.4, -0.2) is 17.7 Å². The van der Waals surface area contributed by atoms with Crippen LogP contribution in [0.1, 0.15) is 21.7 Å². The van der Waals surface area contributed by atoms with Gasteiger partial charge in [-0.15, -0.1) is 0 Å². The van der Waals surface area contributed by atoms with E-state index in [0.717, 1.165) is 17.0 Å². The topological polar surface area (TPSA) is 69.7 Å². The summed E-state index contributed by atoms with van der Waals surface area (Å²) < 4.78 is 16.5. The molecule has 0 unspecified atom stereocenters. The zero-order chi connectivity index (χ0) is 18.6. The van der Waals surface area contributed by atoms with Crippen LogP contribution in [0.5, 0.6) is 17.2 Å². The van der Waals surface area contributed by atoms with Crippen molar-refractivity contribution in [3.63, 3.8) is 0 Å². The Bertz CT molecular complexity index is 987. The van der Waals surface area contributed by atoms with E-state index in [2.05, 4.69) is 10.3 Å². The number of carbonyl (C=O) groups excluding carboxylic acids is 1. The maximum Gasteiger partial charge on any atom is 0.274 e. The maximum absolute atomic E-state index is 12.3. The summed E-state index contributed by atoms with van der Waals surface area (Å²) in [6.45, 7) is 2.45. The number of nitrogens with zero attached hydrogens (tertiary/aromatic N) is 1. The molecule has 6 heteroatoms. The van der Waals surface area contributed by atoms with Gasteiger partial charge in [-0.3, -0.25) is 4.79 Å². The van der Waals surface area contributed by atoms with Crippen molar-refractivity contribution in [3.8, 4) is 17.2 Å². The van der Waals surface area contributed by atoms with E-state index in [-0.39, 0.29) is 12.7 Å². The smallest absolute Gasteiger partial charge is 0.274 e. The summed E-state index contributed by atoms with van der Waals surface area (Å²) in [5.74, 6) is 1.85. The fraction of sp³-hybridized carbons (Fsp3) is 0.143. The van der Waals surface area contributed by atoms with E-state index in [1.54, 1.807) is 12.1 Å². The van der Waals surface area contributed by atoms with Crippen LogP contribution in [-0.2, 0) is 6.61 Å². The van der Waals surface area contributed by atoms with E-state index in [1.807, 2.05) is 55.5 Å². The highest BCUT2D eigenvalue weighted by molar-refractivity contribution is 6.02. The molecule has 2 heterocycles. The minimum absolute atomic E-state index is 0.232. The monoisotopic (exact) mass is 362 g/mol. The van der Waals surface area contributed by atoms with E-state index < -0.39 is 0 Å². The largest absolute Gasteiger partial charge is 0.489 e. The lowest BCUT2D eigenvalue weighted by Gasteiger charge is -2.09. The second kappa shape index (κ2) is 7.37. The number of amides is 1. The van der Waals surface area contributed by atoms with Crippen LogP contribution in [0.15, 0.2) is 60.7 Å².